The lowest BCUT2D eigenvalue weighted by Crippen LogP contribution is -2.36. The summed E-state index contributed by atoms with van der Waals surface area (Å²) < 4.78 is 7.42. The summed E-state index contributed by atoms with van der Waals surface area (Å²) in [4.78, 5) is 28.7. The number of nitrogens with zero attached hydrogens (tertiary/aromatic N) is 5. The lowest BCUT2D eigenvalue weighted by molar-refractivity contribution is 0.101. The molecule has 3 aromatic heterocycles. The van der Waals surface area contributed by atoms with Gasteiger partial charge >= 0.3 is 0 Å². The van der Waals surface area contributed by atoms with Crippen molar-refractivity contribution in [2.24, 2.45) is 0 Å². The molecule has 1 aliphatic rings. The number of aromatic nitrogens is 4. The number of imidazole rings is 1. The molecule has 1 saturated heterocycles. The number of thiophene rings is 1. The monoisotopic (exact) mass is 496 g/mol. The molecule has 2 aromatic carbocycles. The number of anilines is 3. The summed E-state index contributed by atoms with van der Waals surface area (Å²) in [6.07, 6.45) is 1.77. The second kappa shape index (κ2) is 9.52. The predicted octanol–water partition coefficient (Wildman–Crippen LogP) is 5.33. The number of hydrogen-bond acceptors (Lipinski definition) is 8. The van der Waals surface area contributed by atoms with Gasteiger partial charge in [0, 0.05) is 41.0 Å². The average Bonchev–Trinajstić information content (AvgIpc) is 3.60. The summed E-state index contributed by atoms with van der Waals surface area (Å²) in [5.74, 6) is 1.13. The SMILES string of the molecule is CC(=O)c1cccc(-c2nc(Nc3ccc(N4CCOCC4)cc3)c3ncn(-c4ccsc4)c3n2)c1. The molecule has 0 bridgehead atoms. The van der Waals surface area contributed by atoms with Gasteiger partial charge < -0.3 is 15.0 Å². The van der Waals surface area contributed by atoms with Gasteiger partial charge in [0.15, 0.2) is 28.6 Å². The van der Waals surface area contributed by atoms with E-state index in [1.807, 2.05) is 46.3 Å². The van der Waals surface area contributed by atoms with E-state index in [1.165, 1.54) is 5.69 Å². The van der Waals surface area contributed by atoms with Gasteiger partial charge in [0.05, 0.1) is 18.9 Å². The first-order valence-corrected chi connectivity index (χ1v) is 12.7. The molecule has 36 heavy (non-hydrogen) atoms. The van der Waals surface area contributed by atoms with Gasteiger partial charge in [-0.1, -0.05) is 18.2 Å². The number of morpholine rings is 1. The lowest BCUT2D eigenvalue weighted by Gasteiger charge is -2.28. The summed E-state index contributed by atoms with van der Waals surface area (Å²) in [5.41, 5.74) is 5.82. The van der Waals surface area contributed by atoms with Gasteiger partial charge in [-0.2, -0.15) is 11.3 Å². The molecule has 0 radical (unpaired) electrons. The highest BCUT2D eigenvalue weighted by molar-refractivity contribution is 7.08. The molecule has 8 nitrogen and oxygen atoms in total. The molecular formula is C27H24N6O2S. The molecule has 0 amide bonds. The standard InChI is InChI=1S/C27H24N6O2S/c1-18(34)19-3-2-4-20(15-19)25-30-26(24-27(31-25)33(17-28-24)23-9-14-36-16-23)29-21-5-7-22(8-6-21)32-10-12-35-13-11-32/h2-9,14-17H,10-13H2,1H3,(H,29,30,31). The van der Waals surface area contributed by atoms with E-state index in [9.17, 15) is 4.79 Å². The van der Waals surface area contributed by atoms with Crippen molar-refractivity contribution >= 4 is 45.5 Å². The van der Waals surface area contributed by atoms with Crippen LogP contribution in [0, 0.1) is 0 Å². The Morgan fingerprint density at radius 1 is 1.03 bits per heavy atom. The van der Waals surface area contributed by atoms with Gasteiger partial charge in [-0.3, -0.25) is 9.36 Å². The van der Waals surface area contributed by atoms with Crippen LogP contribution in [0.15, 0.2) is 71.7 Å². The number of hydrogen-bond donors (Lipinski definition) is 1. The Hall–Kier alpha value is -4.08. The van der Waals surface area contributed by atoms with Crippen molar-refractivity contribution in [2.45, 2.75) is 6.92 Å². The summed E-state index contributed by atoms with van der Waals surface area (Å²) in [7, 11) is 0. The minimum atomic E-state index is -0.0000470. The van der Waals surface area contributed by atoms with Crippen molar-refractivity contribution in [3.8, 4) is 17.1 Å². The van der Waals surface area contributed by atoms with E-state index in [0.717, 1.165) is 43.2 Å². The van der Waals surface area contributed by atoms with Gasteiger partial charge in [-0.15, -0.1) is 0 Å². The number of benzene rings is 2. The third-order valence-electron chi connectivity index (χ3n) is 6.21. The third kappa shape index (κ3) is 4.34. The number of Topliss-reactive ketones (excluding diaryl/α,β-unsaturated/α-hetero) is 1. The highest BCUT2D eigenvalue weighted by Crippen LogP contribution is 2.30. The molecule has 4 heterocycles. The predicted molar refractivity (Wildman–Crippen MR) is 143 cm³/mol. The molecule has 180 valence electrons. The van der Waals surface area contributed by atoms with Crippen LogP contribution in [-0.2, 0) is 4.74 Å². The van der Waals surface area contributed by atoms with Crippen LogP contribution in [-0.4, -0.2) is 51.6 Å². The summed E-state index contributed by atoms with van der Waals surface area (Å²) in [6.45, 7) is 4.84. The van der Waals surface area contributed by atoms with E-state index >= 15 is 0 Å². The Balaban J connectivity index is 1.41. The van der Waals surface area contributed by atoms with Crippen LogP contribution in [0.1, 0.15) is 17.3 Å². The zero-order valence-electron chi connectivity index (χ0n) is 19.7. The summed E-state index contributed by atoms with van der Waals surface area (Å²) >= 11 is 1.62. The fraction of sp³-hybridized carbons (Fsp3) is 0.185. The minimum Gasteiger partial charge on any atom is -0.378 e. The Bertz CT molecular complexity index is 1520. The van der Waals surface area contributed by atoms with Crippen LogP contribution in [0.5, 0.6) is 0 Å². The van der Waals surface area contributed by atoms with Crippen LogP contribution in [0.3, 0.4) is 0 Å². The first-order chi connectivity index (χ1) is 17.7. The Morgan fingerprint density at radius 3 is 2.61 bits per heavy atom. The molecule has 0 aliphatic carbocycles. The van der Waals surface area contributed by atoms with Gasteiger partial charge in [-0.25, -0.2) is 15.0 Å². The normalized spacial score (nSPS) is 13.8. The van der Waals surface area contributed by atoms with Crippen molar-refractivity contribution in [3.05, 3.63) is 77.2 Å². The molecule has 5 aromatic rings. The fourth-order valence-electron chi connectivity index (χ4n) is 4.29. The van der Waals surface area contributed by atoms with Gasteiger partial charge in [-0.05, 0) is 48.7 Å². The maximum Gasteiger partial charge on any atom is 0.170 e. The van der Waals surface area contributed by atoms with Crippen molar-refractivity contribution in [1.82, 2.24) is 19.5 Å². The van der Waals surface area contributed by atoms with Crippen LogP contribution in [0.25, 0.3) is 28.2 Å². The minimum absolute atomic E-state index is 0.0000470. The number of ketones is 1. The number of nitrogens with one attached hydrogen (secondary N) is 1. The Labute approximate surface area is 212 Å². The second-order valence-corrected chi connectivity index (χ2v) is 9.35. The van der Waals surface area contributed by atoms with Crippen LogP contribution < -0.4 is 10.2 Å². The lowest BCUT2D eigenvalue weighted by atomic mass is 10.1. The molecule has 0 unspecified atom stereocenters. The smallest absolute Gasteiger partial charge is 0.170 e. The molecule has 1 aliphatic heterocycles. The summed E-state index contributed by atoms with van der Waals surface area (Å²) in [5, 5.41) is 7.52. The molecular weight excluding hydrogens is 472 g/mol. The van der Waals surface area contributed by atoms with Crippen LogP contribution in [0.4, 0.5) is 17.2 Å². The van der Waals surface area contributed by atoms with E-state index in [4.69, 9.17) is 14.7 Å². The van der Waals surface area contributed by atoms with Gasteiger partial charge in [0.1, 0.15) is 6.33 Å². The zero-order valence-corrected chi connectivity index (χ0v) is 20.5. The third-order valence-corrected chi connectivity index (χ3v) is 6.88. The Morgan fingerprint density at radius 2 is 1.86 bits per heavy atom. The van der Waals surface area contributed by atoms with E-state index in [1.54, 1.807) is 30.7 Å². The second-order valence-electron chi connectivity index (χ2n) is 8.57. The number of fused-ring (bicyclic) bond motifs is 1. The summed E-state index contributed by atoms with van der Waals surface area (Å²) in [6, 6.07) is 17.7. The van der Waals surface area contributed by atoms with E-state index in [0.29, 0.717) is 28.4 Å². The first kappa shape index (κ1) is 22.4. The van der Waals surface area contributed by atoms with Gasteiger partial charge in [0.2, 0.25) is 0 Å². The Kier molecular flexibility index (Phi) is 5.92. The fourth-order valence-corrected chi connectivity index (χ4v) is 4.92. The van der Waals surface area contributed by atoms with Crippen molar-refractivity contribution in [1.29, 1.82) is 0 Å². The van der Waals surface area contributed by atoms with Crippen molar-refractivity contribution in [3.63, 3.8) is 0 Å². The van der Waals surface area contributed by atoms with E-state index in [-0.39, 0.29) is 5.78 Å². The first-order valence-electron chi connectivity index (χ1n) is 11.7. The average molecular weight is 497 g/mol. The number of carbonyl (C=O) groups is 1. The quantitative estimate of drug-likeness (QED) is 0.318. The molecule has 6 rings (SSSR count). The van der Waals surface area contributed by atoms with Crippen molar-refractivity contribution < 1.29 is 9.53 Å². The highest BCUT2D eigenvalue weighted by atomic mass is 32.1. The largest absolute Gasteiger partial charge is 0.378 e. The number of rotatable bonds is 6. The number of ether oxygens (including phenoxy) is 1. The van der Waals surface area contributed by atoms with E-state index < -0.39 is 0 Å². The van der Waals surface area contributed by atoms with Crippen LogP contribution >= 0.6 is 11.3 Å². The number of carbonyl (C=O) groups excluding carboxylic acids is 1. The topological polar surface area (TPSA) is 85.2 Å². The molecule has 9 heteroatoms. The maximum absolute atomic E-state index is 12.0. The molecule has 1 N–H and O–H groups in total. The van der Waals surface area contributed by atoms with Gasteiger partial charge in [0.25, 0.3) is 0 Å². The molecule has 0 atom stereocenters. The van der Waals surface area contributed by atoms with E-state index in [2.05, 4.69) is 32.7 Å². The molecule has 0 spiro atoms. The van der Waals surface area contributed by atoms with Crippen LogP contribution in [0.2, 0.25) is 0 Å². The highest BCUT2D eigenvalue weighted by Gasteiger charge is 2.17. The zero-order chi connectivity index (χ0) is 24.5. The van der Waals surface area contributed by atoms with Crippen molar-refractivity contribution in [2.75, 3.05) is 36.5 Å². The maximum atomic E-state index is 12.0. The molecule has 1 fully saturated rings. The molecule has 0 saturated carbocycles.